The van der Waals surface area contributed by atoms with Crippen molar-refractivity contribution in [2.45, 2.75) is 32.1 Å². The van der Waals surface area contributed by atoms with Crippen molar-refractivity contribution in [1.82, 2.24) is 14.5 Å². The summed E-state index contributed by atoms with van der Waals surface area (Å²) in [6.45, 7) is 4.29. The Kier molecular flexibility index (Phi) is 4.10. The molecule has 7 heteroatoms. The lowest BCUT2D eigenvalue weighted by molar-refractivity contribution is -0.0804. The van der Waals surface area contributed by atoms with Gasteiger partial charge in [-0.05, 0) is 60.2 Å². The Bertz CT molecular complexity index is 1040. The SMILES string of the molecule is Cc1ccsc1C(=O)N1CC[C@@]2(C1)Cn1c(-c3ccc(F)cc3)cnc1CO2. The highest BCUT2D eigenvalue weighted by Gasteiger charge is 2.45. The Balaban J connectivity index is 1.40. The zero-order valence-corrected chi connectivity index (χ0v) is 16.3. The average molecular weight is 397 g/mol. The van der Waals surface area contributed by atoms with Crippen LogP contribution in [0.5, 0.6) is 0 Å². The molecule has 0 aliphatic carbocycles. The normalized spacial score (nSPS) is 21.3. The molecule has 1 aromatic carbocycles. The van der Waals surface area contributed by atoms with Crippen LogP contribution < -0.4 is 0 Å². The highest BCUT2D eigenvalue weighted by atomic mass is 32.1. The predicted molar refractivity (Wildman–Crippen MR) is 105 cm³/mol. The smallest absolute Gasteiger partial charge is 0.264 e. The molecule has 1 amide bonds. The second-order valence-electron chi connectivity index (χ2n) is 7.53. The Labute approximate surface area is 166 Å². The number of aryl methyl sites for hydroxylation is 1. The van der Waals surface area contributed by atoms with Gasteiger partial charge in [0.25, 0.3) is 5.91 Å². The van der Waals surface area contributed by atoms with Gasteiger partial charge in [-0.1, -0.05) is 0 Å². The number of nitrogens with zero attached hydrogens (tertiary/aromatic N) is 3. The van der Waals surface area contributed by atoms with Gasteiger partial charge in [-0.3, -0.25) is 4.79 Å². The van der Waals surface area contributed by atoms with Gasteiger partial charge in [0.15, 0.2) is 0 Å². The molecule has 1 fully saturated rings. The number of thiophene rings is 1. The number of aromatic nitrogens is 2. The van der Waals surface area contributed by atoms with Crippen LogP contribution in [-0.2, 0) is 17.9 Å². The summed E-state index contributed by atoms with van der Waals surface area (Å²) >= 11 is 1.49. The Morgan fingerprint density at radius 3 is 2.82 bits per heavy atom. The molecule has 1 saturated heterocycles. The van der Waals surface area contributed by atoms with E-state index in [4.69, 9.17) is 4.74 Å². The van der Waals surface area contributed by atoms with Crippen LogP contribution in [0.3, 0.4) is 0 Å². The first kappa shape index (κ1) is 17.6. The van der Waals surface area contributed by atoms with Gasteiger partial charge in [0, 0.05) is 6.54 Å². The lowest BCUT2D eigenvalue weighted by atomic mass is 10.0. The van der Waals surface area contributed by atoms with Crippen LogP contribution in [0.4, 0.5) is 4.39 Å². The molecule has 5 nitrogen and oxygen atoms in total. The van der Waals surface area contributed by atoms with Crippen molar-refractivity contribution in [3.63, 3.8) is 0 Å². The first-order chi connectivity index (χ1) is 13.5. The van der Waals surface area contributed by atoms with E-state index < -0.39 is 5.60 Å². The summed E-state index contributed by atoms with van der Waals surface area (Å²) in [5.41, 5.74) is 2.51. The first-order valence-corrected chi connectivity index (χ1v) is 10.2. The van der Waals surface area contributed by atoms with Gasteiger partial charge in [-0.2, -0.15) is 0 Å². The largest absolute Gasteiger partial charge is 0.363 e. The maximum absolute atomic E-state index is 13.3. The molecular weight excluding hydrogens is 377 g/mol. The molecule has 2 aromatic heterocycles. The van der Waals surface area contributed by atoms with Crippen molar-refractivity contribution in [2.75, 3.05) is 13.1 Å². The van der Waals surface area contributed by atoms with E-state index in [1.54, 1.807) is 12.1 Å². The summed E-state index contributed by atoms with van der Waals surface area (Å²) in [5.74, 6) is 0.697. The van der Waals surface area contributed by atoms with Crippen molar-refractivity contribution in [2.24, 2.45) is 0 Å². The van der Waals surface area contributed by atoms with Gasteiger partial charge in [-0.25, -0.2) is 9.37 Å². The van der Waals surface area contributed by atoms with Crippen molar-refractivity contribution < 1.29 is 13.9 Å². The number of carbonyl (C=O) groups is 1. The molecule has 144 valence electrons. The molecule has 2 aliphatic heterocycles. The highest BCUT2D eigenvalue weighted by molar-refractivity contribution is 7.12. The van der Waals surface area contributed by atoms with Crippen molar-refractivity contribution >= 4 is 17.2 Å². The zero-order valence-electron chi connectivity index (χ0n) is 15.5. The summed E-state index contributed by atoms with van der Waals surface area (Å²) in [6.07, 6.45) is 2.61. The van der Waals surface area contributed by atoms with E-state index in [-0.39, 0.29) is 11.7 Å². The standard InChI is InChI=1S/C21H20FN3O2S/c1-14-6-9-28-19(14)20(26)24-8-7-21(12-24)13-25-17(10-23-18(25)11-27-21)15-2-4-16(22)5-3-15/h2-6,9-10H,7-8,11-13H2,1H3/t21-/m1/s1. The lowest BCUT2D eigenvalue weighted by Crippen LogP contribution is -2.45. The van der Waals surface area contributed by atoms with Crippen molar-refractivity contribution in [1.29, 1.82) is 0 Å². The molecule has 28 heavy (non-hydrogen) atoms. The molecule has 0 unspecified atom stereocenters. The number of fused-ring (bicyclic) bond motifs is 1. The minimum atomic E-state index is -0.399. The maximum atomic E-state index is 13.3. The Morgan fingerprint density at radius 1 is 1.25 bits per heavy atom. The third-order valence-corrected chi connectivity index (χ3v) is 6.70. The summed E-state index contributed by atoms with van der Waals surface area (Å²) < 4.78 is 21.7. The van der Waals surface area contributed by atoms with E-state index >= 15 is 0 Å². The molecule has 5 rings (SSSR count). The molecule has 1 atom stereocenters. The van der Waals surface area contributed by atoms with Crippen molar-refractivity contribution in [3.8, 4) is 11.3 Å². The number of halogens is 1. The zero-order chi connectivity index (χ0) is 19.3. The summed E-state index contributed by atoms with van der Waals surface area (Å²) in [7, 11) is 0. The predicted octanol–water partition coefficient (Wildman–Crippen LogP) is 3.87. The first-order valence-electron chi connectivity index (χ1n) is 9.32. The molecule has 0 bridgehead atoms. The fraction of sp³-hybridized carbons (Fsp3) is 0.333. The number of hydrogen-bond acceptors (Lipinski definition) is 4. The van der Waals surface area contributed by atoms with Crippen LogP contribution in [0, 0.1) is 12.7 Å². The molecule has 2 aliphatic rings. The second kappa shape index (κ2) is 6.53. The molecule has 0 saturated carbocycles. The van der Waals surface area contributed by atoms with Gasteiger partial charge in [-0.15, -0.1) is 11.3 Å². The van der Waals surface area contributed by atoms with Gasteiger partial charge in [0.1, 0.15) is 23.8 Å². The second-order valence-corrected chi connectivity index (χ2v) is 8.45. The van der Waals surface area contributed by atoms with Crippen LogP contribution in [0.25, 0.3) is 11.3 Å². The fourth-order valence-corrected chi connectivity index (χ4v) is 5.00. The van der Waals surface area contributed by atoms with E-state index in [1.807, 2.05) is 29.5 Å². The molecule has 0 radical (unpaired) electrons. The Morgan fingerprint density at radius 2 is 2.07 bits per heavy atom. The summed E-state index contributed by atoms with van der Waals surface area (Å²) in [4.78, 5) is 20.1. The number of benzene rings is 1. The Hall–Kier alpha value is -2.51. The van der Waals surface area contributed by atoms with Crippen LogP contribution in [0.1, 0.15) is 27.5 Å². The highest BCUT2D eigenvalue weighted by Crippen LogP contribution is 2.36. The van der Waals surface area contributed by atoms with E-state index in [0.29, 0.717) is 26.2 Å². The number of rotatable bonds is 2. The monoisotopic (exact) mass is 397 g/mol. The summed E-state index contributed by atoms with van der Waals surface area (Å²) in [5, 5.41) is 1.96. The van der Waals surface area contributed by atoms with Crippen molar-refractivity contribution in [3.05, 3.63) is 64.0 Å². The maximum Gasteiger partial charge on any atom is 0.264 e. The van der Waals surface area contributed by atoms with Gasteiger partial charge < -0.3 is 14.2 Å². The van der Waals surface area contributed by atoms with Gasteiger partial charge in [0.05, 0.1) is 29.9 Å². The minimum Gasteiger partial charge on any atom is -0.363 e. The van der Waals surface area contributed by atoms with Crippen LogP contribution >= 0.6 is 11.3 Å². The van der Waals surface area contributed by atoms with E-state index in [1.165, 1.54) is 23.5 Å². The van der Waals surface area contributed by atoms with E-state index in [2.05, 4.69) is 9.55 Å². The summed E-state index contributed by atoms with van der Waals surface area (Å²) in [6, 6.07) is 8.44. The quantitative estimate of drug-likeness (QED) is 0.659. The lowest BCUT2D eigenvalue weighted by Gasteiger charge is -2.35. The number of imidazole rings is 1. The van der Waals surface area contributed by atoms with E-state index in [0.717, 1.165) is 33.9 Å². The molecule has 1 spiro atoms. The molecule has 0 N–H and O–H groups in total. The molecular formula is C21H20FN3O2S. The van der Waals surface area contributed by atoms with Crippen LogP contribution in [0.2, 0.25) is 0 Å². The average Bonchev–Trinajstić information content (AvgIpc) is 3.41. The number of likely N-dealkylation sites (tertiary alicyclic amines) is 1. The molecule has 4 heterocycles. The fourth-order valence-electron chi connectivity index (χ4n) is 4.11. The van der Waals surface area contributed by atoms with Gasteiger partial charge in [0.2, 0.25) is 0 Å². The number of amides is 1. The topological polar surface area (TPSA) is 47.4 Å². The third kappa shape index (κ3) is 2.86. The van der Waals surface area contributed by atoms with Crippen LogP contribution in [-0.4, -0.2) is 39.0 Å². The van der Waals surface area contributed by atoms with Crippen LogP contribution in [0.15, 0.2) is 41.9 Å². The number of carbonyl (C=O) groups excluding carboxylic acids is 1. The van der Waals surface area contributed by atoms with E-state index in [9.17, 15) is 9.18 Å². The minimum absolute atomic E-state index is 0.0863. The number of ether oxygens (including phenoxy) is 1. The number of hydrogen-bond donors (Lipinski definition) is 0. The third-order valence-electron chi connectivity index (χ3n) is 5.69. The molecule has 3 aromatic rings. The van der Waals surface area contributed by atoms with Gasteiger partial charge >= 0.3 is 0 Å².